The molecule has 6 heteroatoms. The van der Waals surface area contributed by atoms with Gasteiger partial charge in [0, 0.05) is 30.9 Å². The van der Waals surface area contributed by atoms with E-state index in [1.54, 1.807) is 0 Å². The summed E-state index contributed by atoms with van der Waals surface area (Å²) in [6, 6.07) is -0.241. The van der Waals surface area contributed by atoms with Crippen molar-refractivity contribution in [3.8, 4) is 0 Å². The van der Waals surface area contributed by atoms with Crippen molar-refractivity contribution in [1.82, 2.24) is 15.3 Å². The van der Waals surface area contributed by atoms with Crippen LogP contribution in [0.15, 0.2) is 12.5 Å². The van der Waals surface area contributed by atoms with Gasteiger partial charge in [0.15, 0.2) is 0 Å². The van der Waals surface area contributed by atoms with E-state index in [9.17, 15) is 4.79 Å². The minimum absolute atomic E-state index is 0.00224. The average molecular weight is 277 g/mol. The van der Waals surface area contributed by atoms with E-state index in [2.05, 4.69) is 29.1 Å². The third kappa shape index (κ3) is 2.90. The van der Waals surface area contributed by atoms with Crippen molar-refractivity contribution in [3.63, 3.8) is 0 Å². The van der Waals surface area contributed by atoms with Crippen LogP contribution in [-0.4, -0.2) is 41.0 Å². The van der Waals surface area contributed by atoms with E-state index >= 15 is 0 Å². The first kappa shape index (κ1) is 14.7. The Hall–Kier alpha value is -1.69. The molecule has 1 aromatic rings. The minimum Gasteiger partial charge on any atom is -0.355 e. The number of carbonyl (C=O) groups excluding carboxylic acids is 1. The normalized spacial score (nSPS) is 22.4. The third-order valence-corrected chi connectivity index (χ3v) is 3.60. The summed E-state index contributed by atoms with van der Waals surface area (Å²) in [5.74, 6) is 1.16. The molecule has 3 N–H and O–H groups in total. The molecule has 1 saturated heterocycles. The van der Waals surface area contributed by atoms with Gasteiger partial charge < -0.3 is 16.0 Å². The van der Waals surface area contributed by atoms with Gasteiger partial charge in [-0.1, -0.05) is 13.8 Å². The summed E-state index contributed by atoms with van der Waals surface area (Å²) < 4.78 is 0. The quantitative estimate of drug-likeness (QED) is 0.844. The number of likely N-dealkylation sites (N-methyl/N-ethyl adjacent to an activating group) is 1. The van der Waals surface area contributed by atoms with Crippen LogP contribution in [0.4, 0.5) is 5.82 Å². The first-order valence-corrected chi connectivity index (χ1v) is 7.14. The number of nitrogens with zero attached hydrogens (tertiary/aromatic N) is 3. The first-order valence-electron chi connectivity index (χ1n) is 7.14. The molecular formula is C14H23N5O. The van der Waals surface area contributed by atoms with Crippen molar-refractivity contribution in [1.29, 1.82) is 0 Å². The van der Waals surface area contributed by atoms with E-state index in [-0.39, 0.29) is 18.0 Å². The molecule has 110 valence electrons. The molecule has 1 aliphatic rings. The highest BCUT2D eigenvalue weighted by Gasteiger charge is 2.36. The zero-order chi connectivity index (χ0) is 14.7. The molecule has 2 heterocycles. The molecule has 1 aliphatic heterocycles. The Morgan fingerprint density at radius 1 is 1.60 bits per heavy atom. The number of nitrogens with two attached hydrogens (primary N) is 1. The fraction of sp³-hybridized carbons (Fsp3) is 0.643. The molecule has 0 unspecified atom stereocenters. The largest absolute Gasteiger partial charge is 0.355 e. The van der Waals surface area contributed by atoms with Crippen molar-refractivity contribution in [2.45, 2.75) is 45.2 Å². The summed E-state index contributed by atoms with van der Waals surface area (Å²) in [7, 11) is 0. The Morgan fingerprint density at radius 2 is 2.35 bits per heavy atom. The van der Waals surface area contributed by atoms with Crippen molar-refractivity contribution in [2.75, 3.05) is 18.0 Å². The Morgan fingerprint density at radius 3 is 3.00 bits per heavy atom. The third-order valence-electron chi connectivity index (χ3n) is 3.60. The van der Waals surface area contributed by atoms with Crippen LogP contribution in [0.5, 0.6) is 0 Å². The summed E-state index contributed by atoms with van der Waals surface area (Å²) in [6.07, 6.45) is 4.01. The van der Waals surface area contributed by atoms with Crippen molar-refractivity contribution >= 4 is 11.7 Å². The van der Waals surface area contributed by atoms with E-state index in [4.69, 9.17) is 5.73 Å². The van der Waals surface area contributed by atoms with Gasteiger partial charge in [0.1, 0.15) is 18.2 Å². The van der Waals surface area contributed by atoms with Gasteiger partial charge in [-0.05, 0) is 19.3 Å². The second-order valence-electron chi connectivity index (χ2n) is 5.51. The monoisotopic (exact) mass is 277 g/mol. The fourth-order valence-electron chi connectivity index (χ4n) is 2.62. The molecule has 1 amide bonds. The summed E-state index contributed by atoms with van der Waals surface area (Å²) in [4.78, 5) is 22.7. The smallest absolute Gasteiger partial charge is 0.242 e. The average Bonchev–Trinajstić information content (AvgIpc) is 2.81. The lowest BCUT2D eigenvalue weighted by molar-refractivity contribution is -0.122. The number of carbonyl (C=O) groups is 1. The molecule has 0 spiro atoms. The van der Waals surface area contributed by atoms with Gasteiger partial charge >= 0.3 is 0 Å². The molecule has 0 aromatic carbocycles. The van der Waals surface area contributed by atoms with E-state index in [0.29, 0.717) is 25.4 Å². The number of nitrogens with one attached hydrogen (secondary N) is 1. The molecule has 0 radical (unpaired) electrons. The van der Waals surface area contributed by atoms with Crippen LogP contribution in [0.2, 0.25) is 0 Å². The van der Waals surface area contributed by atoms with Gasteiger partial charge in [-0.3, -0.25) is 4.79 Å². The number of anilines is 1. The van der Waals surface area contributed by atoms with Crippen LogP contribution < -0.4 is 16.0 Å². The second kappa shape index (κ2) is 6.17. The molecule has 1 fully saturated rings. The van der Waals surface area contributed by atoms with Crippen molar-refractivity contribution in [2.24, 2.45) is 5.73 Å². The van der Waals surface area contributed by atoms with Gasteiger partial charge in [0.05, 0.1) is 0 Å². The zero-order valence-corrected chi connectivity index (χ0v) is 12.3. The molecule has 1 aromatic heterocycles. The number of hydrogen-bond donors (Lipinski definition) is 2. The van der Waals surface area contributed by atoms with Crippen LogP contribution in [0.25, 0.3) is 0 Å². The Labute approximate surface area is 119 Å². The minimum atomic E-state index is -0.239. The molecule has 2 atom stereocenters. The highest BCUT2D eigenvalue weighted by molar-refractivity contribution is 5.86. The van der Waals surface area contributed by atoms with Gasteiger partial charge in [0.2, 0.25) is 5.91 Å². The lowest BCUT2D eigenvalue weighted by Crippen LogP contribution is -2.44. The van der Waals surface area contributed by atoms with Crippen LogP contribution in [0.1, 0.15) is 38.7 Å². The van der Waals surface area contributed by atoms with Crippen LogP contribution in [-0.2, 0) is 4.79 Å². The van der Waals surface area contributed by atoms with Crippen LogP contribution in [0, 0.1) is 0 Å². The lowest BCUT2D eigenvalue weighted by atomic mass is 10.1. The molecule has 0 bridgehead atoms. The predicted molar refractivity (Wildman–Crippen MR) is 78.5 cm³/mol. The van der Waals surface area contributed by atoms with Crippen LogP contribution in [0.3, 0.4) is 0 Å². The Kier molecular flexibility index (Phi) is 4.54. The zero-order valence-electron chi connectivity index (χ0n) is 12.3. The maximum Gasteiger partial charge on any atom is 0.242 e. The number of rotatable bonds is 4. The van der Waals surface area contributed by atoms with Gasteiger partial charge in [-0.15, -0.1) is 0 Å². The highest BCUT2D eigenvalue weighted by Crippen LogP contribution is 2.30. The SMILES string of the molecule is CCNC(=O)[C@@H]1C[C@H](N)CN1c1ncncc1C(C)C. The Balaban J connectivity index is 2.32. The predicted octanol–water partition coefficient (Wildman–Crippen LogP) is 0.642. The molecular weight excluding hydrogens is 254 g/mol. The highest BCUT2D eigenvalue weighted by atomic mass is 16.2. The number of aromatic nitrogens is 2. The van der Waals surface area contributed by atoms with Crippen LogP contribution >= 0.6 is 0 Å². The van der Waals surface area contributed by atoms with Gasteiger partial charge in [-0.2, -0.15) is 0 Å². The van der Waals surface area contributed by atoms with Gasteiger partial charge in [0.25, 0.3) is 0 Å². The topological polar surface area (TPSA) is 84.1 Å². The van der Waals surface area contributed by atoms with Gasteiger partial charge in [-0.25, -0.2) is 9.97 Å². The molecule has 2 rings (SSSR count). The molecule has 6 nitrogen and oxygen atoms in total. The van der Waals surface area contributed by atoms with E-state index in [0.717, 1.165) is 11.4 Å². The second-order valence-corrected chi connectivity index (χ2v) is 5.51. The Bertz CT molecular complexity index is 476. The van der Waals surface area contributed by atoms with Crippen molar-refractivity contribution < 1.29 is 4.79 Å². The summed E-state index contributed by atoms with van der Waals surface area (Å²) >= 11 is 0. The standard InChI is InChI=1S/C14H23N5O/c1-4-17-14(20)12-5-10(15)7-19(12)13-11(9(2)3)6-16-8-18-13/h6,8-10,12H,4-5,7,15H2,1-3H3,(H,17,20)/t10-,12-/m0/s1. The summed E-state index contributed by atoms with van der Waals surface area (Å²) in [5.41, 5.74) is 7.10. The van der Waals surface area contributed by atoms with Crippen molar-refractivity contribution in [3.05, 3.63) is 18.1 Å². The van der Waals surface area contributed by atoms with E-state index in [1.165, 1.54) is 6.33 Å². The number of hydrogen-bond acceptors (Lipinski definition) is 5. The fourth-order valence-corrected chi connectivity index (χ4v) is 2.62. The molecule has 20 heavy (non-hydrogen) atoms. The summed E-state index contributed by atoms with van der Waals surface area (Å²) in [5, 5.41) is 2.88. The lowest BCUT2D eigenvalue weighted by Gasteiger charge is -2.27. The molecule has 0 aliphatic carbocycles. The van der Waals surface area contributed by atoms with E-state index < -0.39 is 0 Å². The summed E-state index contributed by atoms with van der Waals surface area (Å²) in [6.45, 7) is 7.39. The first-order chi connectivity index (χ1) is 9.54. The van der Waals surface area contributed by atoms with E-state index in [1.807, 2.05) is 18.0 Å². The maximum absolute atomic E-state index is 12.2. The number of amides is 1. The maximum atomic E-state index is 12.2. The molecule has 0 saturated carbocycles.